The fourth-order valence-corrected chi connectivity index (χ4v) is 2.08. The lowest BCUT2D eigenvalue weighted by atomic mass is 10.0. The Morgan fingerprint density at radius 3 is 2.53 bits per heavy atom. The number of aromatic nitrogens is 2. The summed E-state index contributed by atoms with van der Waals surface area (Å²) in [5, 5.41) is 9.15. The van der Waals surface area contributed by atoms with Gasteiger partial charge in [-0.3, -0.25) is 0 Å². The van der Waals surface area contributed by atoms with Crippen molar-refractivity contribution in [3.63, 3.8) is 0 Å². The number of methoxy groups -OCH3 is 2. The zero-order valence-corrected chi connectivity index (χ0v) is 11.4. The van der Waals surface area contributed by atoms with E-state index in [1.165, 1.54) is 0 Å². The molecule has 0 aliphatic heterocycles. The number of benzene rings is 1. The van der Waals surface area contributed by atoms with Crippen molar-refractivity contribution in [1.82, 2.24) is 9.97 Å². The van der Waals surface area contributed by atoms with Gasteiger partial charge in [0.15, 0.2) is 5.69 Å². The van der Waals surface area contributed by atoms with Gasteiger partial charge in [0.05, 0.1) is 19.9 Å². The predicted molar refractivity (Wildman–Crippen MR) is 71.3 cm³/mol. The molecule has 19 heavy (non-hydrogen) atoms. The molecule has 0 amide bonds. The number of aromatic amines is 1. The van der Waals surface area contributed by atoms with E-state index in [1.54, 1.807) is 20.3 Å². The molecule has 0 spiro atoms. The highest BCUT2D eigenvalue weighted by molar-refractivity contribution is 5.76. The maximum Gasteiger partial charge on any atom is 0.166 e. The van der Waals surface area contributed by atoms with Crippen LogP contribution in [0, 0.1) is 25.2 Å². The van der Waals surface area contributed by atoms with E-state index < -0.39 is 0 Å². The second kappa shape index (κ2) is 5.02. The number of H-pyrrole nitrogens is 1. The molecule has 2 rings (SSSR count). The van der Waals surface area contributed by atoms with Gasteiger partial charge < -0.3 is 14.5 Å². The smallest absolute Gasteiger partial charge is 0.166 e. The first-order chi connectivity index (χ1) is 9.10. The summed E-state index contributed by atoms with van der Waals surface area (Å²) in [6, 6.07) is 5.78. The standard InChI is InChI=1S/C14H15N3O2/c1-8-5-10(18-3)6-12(19-4)13(8)14-11(7-15)16-9(2)17-14/h5-6H,1-4H3,(H,16,17). The molecule has 5 nitrogen and oxygen atoms in total. The molecule has 1 aromatic heterocycles. The molecular weight excluding hydrogens is 242 g/mol. The van der Waals surface area contributed by atoms with Gasteiger partial charge in [-0.2, -0.15) is 5.26 Å². The maximum atomic E-state index is 9.15. The number of aryl methyl sites for hydroxylation is 2. The minimum absolute atomic E-state index is 0.365. The summed E-state index contributed by atoms with van der Waals surface area (Å²) in [5.41, 5.74) is 2.83. The van der Waals surface area contributed by atoms with Crippen LogP contribution in [0.2, 0.25) is 0 Å². The number of hydrogen-bond acceptors (Lipinski definition) is 4. The van der Waals surface area contributed by atoms with Gasteiger partial charge in [0.25, 0.3) is 0 Å². The summed E-state index contributed by atoms with van der Waals surface area (Å²) < 4.78 is 10.6. The van der Waals surface area contributed by atoms with Crippen LogP contribution in [0.3, 0.4) is 0 Å². The van der Waals surface area contributed by atoms with Crippen molar-refractivity contribution < 1.29 is 9.47 Å². The van der Waals surface area contributed by atoms with E-state index in [1.807, 2.05) is 19.9 Å². The van der Waals surface area contributed by atoms with Crippen molar-refractivity contribution in [3.05, 3.63) is 29.2 Å². The van der Waals surface area contributed by atoms with E-state index >= 15 is 0 Å². The molecule has 0 radical (unpaired) electrons. The zero-order chi connectivity index (χ0) is 14.0. The van der Waals surface area contributed by atoms with Crippen molar-refractivity contribution in [2.75, 3.05) is 14.2 Å². The summed E-state index contributed by atoms with van der Waals surface area (Å²) in [7, 11) is 3.20. The van der Waals surface area contributed by atoms with Crippen molar-refractivity contribution in [2.45, 2.75) is 13.8 Å². The number of rotatable bonds is 3. The third-order valence-electron chi connectivity index (χ3n) is 2.91. The van der Waals surface area contributed by atoms with Gasteiger partial charge in [-0.1, -0.05) is 0 Å². The minimum atomic E-state index is 0.365. The topological polar surface area (TPSA) is 70.9 Å². The Labute approximate surface area is 111 Å². The number of ether oxygens (including phenoxy) is 2. The Morgan fingerprint density at radius 1 is 1.21 bits per heavy atom. The number of hydrogen-bond donors (Lipinski definition) is 1. The largest absolute Gasteiger partial charge is 0.497 e. The summed E-state index contributed by atoms with van der Waals surface area (Å²) in [6.07, 6.45) is 0. The summed E-state index contributed by atoms with van der Waals surface area (Å²) in [4.78, 5) is 7.27. The van der Waals surface area contributed by atoms with E-state index in [4.69, 9.17) is 14.7 Å². The number of imidazole rings is 1. The molecule has 2 aromatic rings. The first-order valence-corrected chi connectivity index (χ1v) is 5.80. The lowest BCUT2D eigenvalue weighted by molar-refractivity contribution is 0.395. The molecule has 0 aliphatic rings. The molecule has 0 unspecified atom stereocenters. The Morgan fingerprint density at radius 2 is 1.95 bits per heavy atom. The van der Waals surface area contributed by atoms with Gasteiger partial charge in [0.1, 0.15) is 23.4 Å². The second-order valence-corrected chi connectivity index (χ2v) is 4.18. The first-order valence-electron chi connectivity index (χ1n) is 5.80. The van der Waals surface area contributed by atoms with Crippen LogP contribution < -0.4 is 9.47 Å². The normalized spacial score (nSPS) is 10.1. The highest BCUT2D eigenvalue weighted by Gasteiger charge is 2.18. The molecule has 1 aromatic carbocycles. The molecular formula is C14H15N3O2. The molecule has 0 bridgehead atoms. The average molecular weight is 257 g/mol. The SMILES string of the molecule is COc1cc(C)c(-c2[nH]c(C)nc2C#N)c(OC)c1. The van der Waals surface area contributed by atoms with Crippen LogP contribution in [0.1, 0.15) is 17.1 Å². The average Bonchev–Trinajstić information content (AvgIpc) is 2.78. The monoisotopic (exact) mass is 257 g/mol. The molecule has 1 heterocycles. The highest BCUT2D eigenvalue weighted by atomic mass is 16.5. The molecule has 1 N–H and O–H groups in total. The van der Waals surface area contributed by atoms with Gasteiger partial charge in [0, 0.05) is 11.6 Å². The molecule has 5 heteroatoms. The fourth-order valence-electron chi connectivity index (χ4n) is 2.08. The summed E-state index contributed by atoms with van der Waals surface area (Å²) >= 11 is 0. The summed E-state index contributed by atoms with van der Waals surface area (Å²) in [5.74, 6) is 2.06. The third-order valence-corrected chi connectivity index (χ3v) is 2.91. The third kappa shape index (κ3) is 2.25. The van der Waals surface area contributed by atoms with E-state index in [0.717, 1.165) is 11.1 Å². The Kier molecular flexibility index (Phi) is 3.43. The van der Waals surface area contributed by atoms with E-state index in [-0.39, 0.29) is 0 Å². The maximum absolute atomic E-state index is 9.15. The van der Waals surface area contributed by atoms with Crippen LogP contribution in [0.15, 0.2) is 12.1 Å². The van der Waals surface area contributed by atoms with Crippen LogP contribution in [-0.2, 0) is 0 Å². The van der Waals surface area contributed by atoms with Crippen molar-refractivity contribution in [2.24, 2.45) is 0 Å². The van der Waals surface area contributed by atoms with Crippen LogP contribution >= 0.6 is 0 Å². The van der Waals surface area contributed by atoms with Crippen LogP contribution in [-0.4, -0.2) is 24.2 Å². The summed E-state index contributed by atoms with van der Waals surface area (Å²) in [6.45, 7) is 3.76. The Hall–Kier alpha value is -2.48. The molecule has 0 saturated heterocycles. The predicted octanol–water partition coefficient (Wildman–Crippen LogP) is 2.58. The minimum Gasteiger partial charge on any atom is -0.497 e. The molecule has 98 valence electrons. The van der Waals surface area contributed by atoms with Crippen LogP contribution in [0.5, 0.6) is 11.5 Å². The van der Waals surface area contributed by atoms with Crippen molar-refractivity contribution in [3.8, 4) is 28.8 Å². The van der Waals surface area contributed by atoms with Crippen LogP contribution in [0.25, 0.3) is 11.3 Å². The Bertz CT molecular complexity index is 653. The lowest BCUT2D eigenvalue weighted by Crippen LogP contribution is -1.95. The molecule has 0 aliphatic carbocycles. The van der Waals surface area contributed by atoms with Gasteiger partial charge in [-0.15, -0.1) is 0 Å². The molecule has 0 atom stereocenters. The van der Waals surface area contributed by atoms with Crippen molar-refractivity contribution in [1.29, 1.82) is 5.26 Å². The fraction of sp³-hybridized carbons (Fsp3) is 0.286. The number of nitrogens with zero attached hydrogens (tertiary/aromatic N) is 2. The molecule has 0 fully saturated rings. The number of nitrogens with one attached hydrogen (secondary N) is 1. The second-order valence-electron chi connectivity index (χ2n) is 4.18. The van der Waals surface area contributed by atoms with Gasteiger partial charge in [-0.25, -0.2) is 4.98 Å². The van der Waals surface area contributed by atoms with E-state index in [0.29, 0.717) is 28.7 Å². The van der Waals surface area contributed by atoms with Gasteiger partial charge in [-0.05, 0) is 25.5 Å². The Balaban J connectivity index is 2.71. The first kappa shape index (κ1) is 13.0. The zero-order valence-electron chi connectivity index (χ0n) is 11.4. The van der Waals surface area contributed by atoms with Crippen molar-refractivity contribution >= 4 is 0 Å². The molecule has 0 saturated carbocycles. The highest BCUT2D eigenvalue weighted by Crippen LogP contribution is 2.37. The van der Waals surface area contributed by atoms with E-state index in [9.17, 15) is 0 Å². The van der Waals surface area contributed by atoms with Gasteiger partial charge >= 0.3 is 0 Å². The quantitative estimate of drug-likeness (QED) is 0.917. The van der Waals surface area contributed by atoms with Crippen LogP contribution in [0.4, 0.5) is 0 Å². The number of nitriles is 1. The van der Waals surface area contributed by atoms with Gasteiger partial charge in [0.2, 0.25) is 0 Å². The lowest BCUT2D eigenvalue weighted by Gasteiger charge is -2.12. The van der Waals surface area contributed by atoms with E-state index in [2.05, 4.69) is 16.0 Å².